The first-order valence-corrected chi connectivity index (χ1v) is 13.4. The molecule has 1 N–H and O–H groups in total. The number of nitrogens with zero attached hydrogens (tertiary/aromatic N) is 3. The Labute approximate surface area is 214 Å². The number of carbonyl (C=O) groups excluding carboxylic acids is 1. The standard InChI is InChI=1S/C28H41FN4O3/c1-19-15-20(2)17-33(16-19)12-6-11-30-27(34)22-9-13-32(14-10-22)18-24-21(3)36-28(31-24)26-23(29)7-5-8-25(26)35-4/h5,7-8,19-20,22H,6,9-18H2,1-4H3,(H,30,34)/t19-,20+. The van der Waals surface area contributed by atoms with Gasteiger partial charge in [-0.05, 0) is 76.2 Å². The van der Waals surface area contributed by atoms with Gasteiger partial charge in [0.15, 0.2) is 0 Å². The van der Waals surface area contributed by atoms with Gasteiger partial charge in [0.1, 0.15) is 22.9 Å². The van der Waals surface area contributed by atoms with E-state index in [1.807, 2.05) is 6.92 Å². The quantitative estimate of drug-likeness (QED) is 0.512. The molecule has 2 aromatic rings. The number of methoxy groups -OCH3 is 1. The van der Waals surface area contributed by atoms with Gasteiger partial charge < -0.3 is 19.4 Å². The zero-order valence-corrected chi connectivity index (χ0v) is 22.2. The molecule has 0 radical (unpaired) electrons. The average Bonchev–Trinajstić information content (AvgIpc) is 3.20. The van der Waals surface area contributed by atoms with Crippen molar-refractivity contribution in [2.24, 2.45) is 17.8 Å². The van der Waals surface area contributed by atoms with Gasteiger partial charge in [-0.2, -0.15) is 0 Å². The van der Waals surface area contributed by atoms with Crippen LogP contribution in [-0.2, 0) is 11.3 Å². The lowest BCUT2D eigenvalue weighted by Gasteiger charge is -2.35. The summed E-state index contributed by atoms with van der Waals surface area (Å²) in [6.45, 7) is 13.0. The summed E-state index contributed by atoms with van der Waals surface area (Å²) >= 11 is 0. The molecular weight excluding hydrogens is 459 g/mol. The van der Waals surface area contributed by atoms with E-state index in [4.69, 9.17) is 9.15 Å². The van der Waals surface area contributed by atoms with Gasteiger partial charge in [0.2, 0.25) is 11.8 Å². The first-order valence-electron chi connectivity index (χ1n) is 13.4. The number of nitrogens with one attached hydrogen (secondary N) is 1. The maximum atomic E-state index is 14.4. The van der Waals surface area contributed by atoms with Crippen molar-refractivity contribution < 1.29 is 18.3 Å². The predicted molar refractivity (Wildman–Crippen MR) is 138 cm³/mol. The summed E-state index contributed by atoms with van der Waals surface area (Å²) in [4.78, 5) is 22.1. The van der Waals surface area contributed by atoms with Crippen LogP contribution in [-0.4, -0.2) is 67.1 Å². The highest BCUT2D eigenvalue weighted by molar-refractivity contribution is 5.78. The molecule has 0 unspecified atom stereocenters. The second-order valence-corrected chi connectivity index (χ2v) is 10.7. The largest absolute Gasteiger partial charge is 0.496 e. The molecule has 8 heteroatoms. The Morgan fingerprint density at radius 2 is 1.92 bits per heavy atom. The van der Waals surface area contributed by atoms with Gasteiger partial charge in [-0.1, -0.05) is 19.9 Å². The molecule has 0 bridgehead atoms. The predicted octanol–water partition coefficient (Wildman–Crippen LogP) is 4.49. The minimum Gasteiger partial charge on any atom is -0.496 e. The Kier molecular flexibility index (Phi) is 9.01. The molecule has 0 saturated carbocycles. The topological polar surface area (TPSA) is 70.8 Å². The summed E-state index contributed by atoms with van der Waals surface area (Å²) < 4.78 is 25.6. The Hall–Kier alpha value is -2.45. The normalized spacial score (nSPS) is 22.0. The van der Waals surface area contributed by atoms with Crippen molar-refractivity contribution in [3.05, 3.63) is 35.5 Å². The van der Waals surface area contributed by atoms with E-state index in [0.717, 1.165) is 63.0 Å². The van der Waals surface area contributed by atoms with Crippen molar-refractivity contribution in [1.29, 1.82) is 0 Å². The molecule has 2 aliphatic heterocycles. The number of ether oxygens (including phenoxy) is 1. The SMILES string of the molecule is COc1cccc(F)c1-c1nc(CN2CCC(C(=O)NCCCN3C[C@H](C)C[C@H](C)C3)CC2)c(C)o1. The van der Waals surface area contributed by atoms with Gasteiger partial charge >= 0.3 is 0 Å². The number of oxazole rings is 1. The van der Waals surface area contributed by atoms with E-state index in [-0.39, 0.29) is 23.3 Å². The minimum absolute atomic E-state index is 0.0629. The zero-order chi connectivity index (χ0) is 25.7. The van der Waals surface area contributed by atoms with Crippen molar-refractivity contribution in [2.45, 2.75) is 53.0 Å². The second kappa shape index (κ2) is 12.2. The van der Waals surface area contributed by atoms with Crippen molar-refractivity contribution in [1.82, 2.24) is 20.1 Å². The number of aryl methyl sites for hydroxylation is 1. The number of likely N-dealkylation sites (tertiary alicyclic amines) is 2. The van der Waals surface area contributed by atoms with Crippen molar-refractivity contribution >= 4 is 5.91 Å². The molecule has 36 heavy (non-hydrogen) atoms. The molecule has 7 nitrogen and oxygen atoms in total. The van der Waals surface area contributed by atoms with Crippen molar-refractivity contribution in [2.75, 3.05) is 46.4 Å². The average molecular weight is 501 g/mol. The van der Waals surface area contributed by atoms with Crippen LogP contribution in [0.25, 0.3) is 11.5 Å². The first kappa shape index (κ1) is 26.6. The van der Waals surface area contributed by atoms with Gasteiger partial charge in [-0.15, -0.1) is 0 Å². The molecule has 0 aliphatic carbocycles. The van der Waals surface area contributed by atoms with E-state index in [9.17, 15) is 9.18 Å². The summed E-state index contributed by atoms with van der Waals surface area (Å²) in [6, 6.07) is 4.67. The summed E-state index contributed by atoms with van der Waals surface area (Å²) in [5.74, 6) is 2.66. The molecule has 3 heterocycles. The Morgan fingerprint density at radius 1 is 1.19 bits per heavy atom. The number of benzene rings is 1. The molecular formula is C28H41FN4O3. The molecule has 2 saturated heterocycles. The van der Waals surface area contributed by atoms with Crippen molar-refractivity contribution in [3.8, 4) is 17.2 Å². The molecule has 2 aliphatic rings. The van der Waals surface area contributed by atoms with Crippen molar-refractivity contribution in [3.63, 3.8) is 0 Å². The fourth-order valence-corrected chi connectivity index (χ4v) is 5.76. The summed E-state index contributed by atoms with van der Waals surface area (Å²) in [7, 11) is 1.50. The first-order chi connectivity index (χ1) is 17.3. The number of carbonyl (C=O) groups is 1. The zero-order valence-electron chi connectivity index (χ0n) is 22.2. The van der Waals surface area contributed by atoms with Gasteiger partial charge in [-0.3, -0.25) is 9.69 Å². The maximum absolute atomic E-state index is 14.4. The number of amides is 1. The third kappa shape index (κ3) is 6.65. The molecule has 4 rings (SSSR count). The fraction of sp³-hybridized carbons (Fsp3) is 0.643. The summed E-state index contributed by atoms with van der Waals surface area (Å²) in [5.41, 5.74) is 1.04. The third-order valence-corrected chi connectivity index (χ3v) is 7.53. The molecule has 2 fully saturated rings. The van der Waals surface area contributed by atoms with Crippen LogP contribution in [0.15, 0.2) is 22.6 Å². The molecule has 2 atom stereocenters. The van der Waals surface area contributed by atoms with E-state index in [0.29, 0.717) is 18.1 Å². The highest BCUT2D eigenvalue weighted by Crippen LogP contribution is 2.33. The number of rotatable bonds is 9. The van der Waals surface area contributed by atoms with E-state index < -0.39 is 5.82 Å². The van der Waals surface area contributed by atoms with Crippen LogP contribution in [0.2, 0.25) is 0 Å². The lowest BCUT2D eigenvalue weighted by molar-refractivity contribution is -0.126. The van der Waals surface area contributed by atoms with E-state index >= 15 is 0 Å². The Morgan fingerprint density at radius 3 is 2.61 bits per heavy atom. The van der Waals surface area contributed by atoms with Gasteiger partial charge in [0.25, 0.3) is 0 Å². The number of aromatic nitrogens is 1. The minimum atomic E-state index is -0.422. The van der Waals surface area contributed by atoms with Crippen LogP contribution in [0.3, 0.4) is 0 Å². The molecule has 198 valence electrons. The van der Waals surface area contributed by atoms with Crippen LogP contribution < -0.4 is 10.1 Å². The highest BCUT2D eigenvalue weighted by Gasteiger charge is 2.27. The van der Waals surface area contributed by atoms with E-state index in [1.54, 1.807) is 12.1 Å². The number of hydrogen-bond acceptors (Lipinski definition) is 6. The van der Waals surface area contributed by atoms with Crippen LogP contribution in [0.4, 0.5) is 4.39 Å². The van der Waals surface area contributed by atoms with Crippen LogP contribution in [0, 0.1) is 30.5 Å². The molecule has 1 amide bonds. The molecule has 1 aromatic heterocycles. The lowest BCUT2D eigenvalue weighted by atomic mass is 9.92. The third-order valence-electron chi connectivity index (χ3n) is 7.53. The lowest BCUT2D eigenvalue weighted by Crippen LogP contribution is -2.42. The molecule has 1 aromatic carbocycles. The molecule has 0 spiro atoms. The Bertz CT molecular complexity index is 1010. The van der Waals surface area contributed by atoms with Gasteiger partial charge in [0.05, 0.1) is 12.8 Å². The number of halogens is 1. The monoisotopic (exact) mass is 500 g/mol. The Balaban J connectivity index is 1.21. The second-order valence-electron chi connectivity index (χ2n) is 10.7. The highest BCUT2D eigenvalue weighted by atomic mass is 19.1. The number of piperidine rings is 2. The fourth-order valence-electron chi connectivity index (χ4n) is 5.76. The van der Waals surface area contributed by atoms with Gasteiger partial charge in [-0.25, -0.2) is 9.37 Å². The van der Waals surface area contributed by atoms with E-state index in [2.05, 4.69) is 33.9 Å². The van der Waals surface area contributed by atoms with Gasteiger partial charge in [0, 0.05) is 32.1 Å². The summed E-state index contributed by atoms with van der Waals surface area (Å²) in [6.07, 6.45) is 3.99. The van der Waals surface area contributed by atoms with Crippen LogP contribution >= 0.6 is 0 Å². The van der Waals surface area contributed by atoms with Crippen LogP contribution in [0.5, 0.6) is 5.75 Å². The maximum Gasteiger partial charge on any atom is 0.233 e. The van der Waals surface area contributed by atoms with E-state index in [1.165, 1.54) is 32.7 Å². The van der Waals surface area contributed by atoms with Crippen LogP contribution in [0.1, 0.15) is 51.0 Å². The summed E-state index contributed by atoms with van der Waals surface area (Å²) in [5, 5.41) is 3.17. The smallest absolute Gasteiger partial charge is 0.233 e. The number of hydrogen-bond donors (Lipinski definition) is 1.